The van der Waals surface area contributed by atoms with Crippen molar-refractivity contribution in [1.82, 2.24) is 0 Å². The zero-order valence-corrected chi connectivity index (χ0v) is 22.1. The molecule has 208 valence electrons. The van der Waals surface area contributed by atoms with Gasteiger partial charge < -0.3 is 14.8 Å². The third kappa shape index (κ3) is 5.15. The number of carbonyl (C=O) groups excluding carboxylic acids is 2. The van der Waals surface area contributed by atoms with Gasteiger partial charge in [0, 0.05) is 23.3 Å². The molecule has 6 nitrogen and oxygen atoms in total. The Morgan fingerprint density at radius 2 is 1.70 bits per heavy atom. The summed E-state index contributed by atoms with van der Waals surface area (Å²) in [6.07, 6.45) is -4.07. The normalized spacial score (nSPS) is 18.8. The number of benzene rings is 3. The van der Waals surface area contributed by atoms with E-state index >= 15 is 0 Å². The quantitative estimate of drug-likeness (QED) is 0.360. The number of nitrogens with one attached hydrogen (secondary N) is 1. The van der Waals surface area contributed by atoms with Crippen molar-refractivity contribution in [3.8, 4) is 11.5 Å². The number of fused-ring (bicyclic) bond motifs is 1. The van der Waals surface area contributed by atoms with Crippen molar-refractivity contribution in [3.63, 3.8) is 0 Å². The maximum absolute atomic E-state index is 14.2. The topological polar surface area (TPSA) is 67.9 Å². The van der Waals surface area contributed by atoms with Crippen molar-refractivity contribution >= 4 is 23.1 Å². The minimum Gasteiger partial charge on any atom is -0.497 e. The van der Waals surface area contributed by atoms with Crippen LogP contribution in [0.4, 0.5) is 24.5 Å². The van der Waals surface area contributed by atoms with Gasteiger partial charge in [0.05, 0.1) is 31.1 Å². The van der Waals surface area contributed by atoms with Crippen LogP contribution in [0.15, 0.2) is 84.1 Å². The van der Waals surface area contributed by atoms with Crippen molar-refractivity contribution in [2.45, 2.75) is 44.3 Å². The van der Waals surface area contributed by atoms with Gasteiger partial charge in [-0.15, -0.1) is 0 Å². The van der Waals surface area contributed by atoms with Gasteiger partial charge in [0.15, 0.2) is 5.78 Å². The molecule has 1 aliphatic heterocycles. The van der Waals surface area contributed by atoms with Crippen molar-refractivity contribution < 1.29 is 32.2 Å². The molecule has 0 radical (unpaired) electrons. The molecule has 1 heterocycles. The average molecular weight is 551 g/mol. The Bertz CT molecular complexity index is 1450. The zero-order chi connectivity index (χ0) is 28.4. The molecule has 9 heteroatoms. The first-order valence-electron chi connectivity index (χ1n) is 13.1. The van der Waals surface area contributed by atoms with Gasteiger partial charge in [0.1, 0.15) is 11.5 Å². The molecule has 3 aromatic carbocycles. The standard InChI is InChI=1S/C31H29F3N2O4/c1-3-16-40-27-11-7-4-8-22(27)29-28-24(17-20(18-26(28)37)19-12-14-21(39-2)15-13-19)35-23-9-5-6-10-25(23)36(29)30(38)31(32,33)34/h4-15,20,29,35H,3,16-18H2,1-2H3/t20-,29-/m0/s1. The summed E-state index contributed by atoms with van der Waals surface area (Å²) >= 11 is 0. The van der Waals surface area contributed by atoms with E-state index in [2.05, 4.69) is 5.32 Å². The number of alkyl halides is 3. The largest absolute Gasteiger partial charge is 0.497 e. The van der Waals surface area contributed by atoms with Gasteiger partial charge in [-0.3, -0.25) is 14.5 Å². The van der Waals surface area contributed by atoms with Crippen LogP contribution in [-0.4, -0.2) is 31.6 Å². The van der Waals surface area contributed by atoms with Gasteiger partial charge in [-0.1, -0.05) is 49.4 Å². The number of halogens is 3. The van der Waals surface area contributed by atoms with Gasteiger partial charge in [-0.2, -0.15) is 13.2 Å². The molecule has 0 saturated carbocycles. The summed E-state index contributed by atoms with van der Waals surface area (Å²) in [6.45, 7) is 2.24. The SMILES string of the molecule is CCCOc1ccccc1[C@H]1C2=C(C[C@H](c3ccc(OC)cc3)CC2=O)Nc2ccccc2N1C(=O)C(F)(F)F. The monoisotopic (exact) mass is 550 g/mol. The van der Waals surface area contributed by atoms with Crippen molar-refractivity contribution in [2.24, 2.45) is 0 Å². The molecule has 40 heavy (non-hydrogen) atoms. The van der Waals surface area contributed by atoms with Gasteiger partial charge in [0.25, 0.3) is 0 Å². The molecular weight excluding hydrogens is 521 g/mol. The lowest BCUT2D eigenvalue weighted by atomic mass is 9.78. The Morgan fingerprint density at radius 3 is 2.40 bits per heavy atom. The predicted octanol–water partition coefficient (Wildman–Crippen LogP) is 6.95. The third-order valence-corrected chi connectivity index (χ3v) is 7.21. The van der Waals surface area contributed by atoms with E-state index in [1.807, 2.05) is 31.2 Å². The number of hydrogen-bond acceptors (Lipinski definition) is 5. The molecule has 0 aromatic heterocycles. The molecule has 5 rings (SSSR count). The van der Waals surface area contributed by atoms with Crippen LogP contribution in [-0.2, 0) is 9.59 Å². The van der Waals surface area contributed by atoms with Gasteiger partial charge >= 0.3 is 12.1 Å². The summed E-state index contributed by atoms with van der Waals surface area (Å²) in [4.78, 5) is 27.8. The fraction of sp³-hybridized carbons (Fsp3) is 0.290. The van der Waals surface area contributed by atoms with E-state index in [0.29, 0.717) is 52.8 Å². The van der Waals surface area contributed by atoms with Crippen LogP contribution >= 0.6 is 0 Å². The van der Waals surface area contributed by atoms with Crippen LogP contribution < -0.4 is 19.7 Å². The van der Waals surface area contributed by atoms with Gasteiger partial charge in [-0.25, -0.2) is 0 Å². The number of nitrogens with zero attached hydrogens (tertiary/aromatic N) is 1. The van der Waals surface area contributed by atoms with Crippen molar-refractivity contribution in [3.05, 3.63) is 95.2 Å². The maximum Gasteiger partial charge on any atom is 0.471 e. The molecule has 0 saturated heterocycles. The van der Waals surface area contributed by atoms with Crippen LogP contribution in [0.2, 0.25) is 0 Å². The number of allylic oxidation sites excluding steroid dienone is 1. The van der Waals surface area contributed by atoms with Gasteiger partial charge in [-0.05, 0) is 54.7 Å². The fourth-order valence-electron chi connectivity index (χ4n) is 5.41. The summed E-state index contributed by atoms with van der Waals surface area (Å²) in [6, 6.07) is 19.0. The first-order valence-corrected chi connectivity index (χ1v) is 13.1. The van der Waals surface area contributed by atoms with E-state index < -0.39 is 18.1 Å². The summed E-state index contributed by atoms with van der Waals surface area (Å²) in [5.74, 6) is -1.61. The second-order valence-corrected chi connectivity index (χ2v) is 9.80. The van der Waals surface area contributed by atoms with E-state index in [1.54, 1.807) is 49.6 Å². The number of para-hydroxylation sites is 3. The highest BCUT2D eigenvalue weighted by molar-refractivity contribution is 6.08. The van der Waals surface area contributed by atoms with E-state index in [4.69, 9.17) is 9.47 Å². The van der Waals surface area contributed by atoms with E-state index in [0.717, 1.165) is 5.56 Å². The average Bonchev–Trinajstić information content (AvgIpc) is 3.10. The molecule has 1 amide bonds. The molecule has 2 aliphatic rings. The summed E-state index contributed by atoms with van der Waals surface area (Å²) in [7, 11) is 1.57. The number of carbonyl (C=O) groups is 2. The molecule has 2 atom stereocenters. The summed E-state index contributed by atoms with van der Waals surface area (Å²) in [5.41, 5.74) is 2.18. The fourth-order valence-corrected chi connectivity index (χ4v) is 5.41. The lowest BCUT2D eigenvalue weighted by Gasteiger charge is -2.36. The molecule has 3 aromatic rings. The Kier molecular flexibility index (Phi) is 7.56. The minimum atomic E-state index is -5.18. The lowest BCUT2D eigenvalue weighted by molar-refractivity contribution is -0.170. The molecule has 1 aliphatic carbocycles. The first kappa shape index (κ1) is 27.3. The zero-order valence-electron chi connectivity index (χ0n) is 22.1. The number of ketones is 1. The number of anilines is 2. The Hall–Kier alpha value is -4.27. The second-order valence-electron chi connectivity index (χ2n) is 9.80. The van der Waals surface area contributed by atoms with Crippen molar-refractivity contribution in [1.29, 1.82) is 0 Å². The Balaban J connectivity index is 1.72. The molecule has 1 N–H and O–H groups in total. The first-order chi connectivity index (χ1) is 19.2. The number of ether oxygens (including phenoxy) is 2. The number of hydrogen-bond donors (Lipinski definition) is 1. The van der Waals surface area contributed by atoms with Gasteiger partial charge in [0.2, 0.25) is 0 Å². The van der Waals surface area contributed by atoms with E-state index in [9.17, 15) is 22.8 Å². The predicted molar refractivity (Wildman–Crippen MR) is 146 cm³/mol. The third-order valence-electron chi connectivity index (χ3n) is 7.21. The Labute approximate surface area is 230 Å². The maximum atomic E-state index is 14.2. The van der Waals surface area contributed by atoms with Crippen LogP contribution in [0.25, 0.3) is 0 Å². The van der Waals surface area contributed by atoms with Crippen LogP contribution in [0.1, 0.15) is 49.3 Å². The van der Waals surface area contributed by atoms with E-state index in [1.165, 1.54) is 6.07 Å². The lowest BCUT2D eigenvalue weighted by Crippen LogP contribution is -2.45. The van der Waals surface area contributed by atoms with Crippen molar-refractivity contribution in [2.75, 3.05) is 23.9 Å². The number of Topliss-reactive ketones (excluding diaryl/α,β-unsaturated/α-hetero) is 1. The molecule has 0 unspecified atom stereocenters. The highest BCUT2D eigenvalue weighted by Gasteiger charge is 2.50. The minimum absolute atomic E-state index is 0.0308. The Morgan fingerprint density at radius 1 is 1.00 bits per heavy atom. The highest BCUT2D eigenvalue weighted by atomic mass is 19.4. The molecule has 0 spiro atoms. The number of methoxy groups -OCH3 is 1. The summed E-state index contributed by atoms with van der Waals surface area (Å²) in [5, 5.41) is 3.24. The van der Waals surface area contributed by atoms with Crippen LogP contribution in [0, 0.1) is 0 Å². The highest BCUT2D eigenvalue weighted by Crippen LogP contribution is 2.50. The number of rotatable bonds is 6. The molecule has 0 fully saturated rings. The van der Waals surface area contributed by atoms with E-state index in [-0.39, 0.29) is 29.4 Å². The number of amides is 1. The van der Waals surface area contributed by atoms with Crippen LogP contribution in [0.5, 0.6) is 11.5 Å². The summed E-state index contributed by atoms with van der Waals surface area (Å²) < 4.78 is 53.7. The molecule has 0 bridgehead atoms. The molecular formula is C31H29F3N2O4. The van der Waals surface area contributed by atoms with Crippen LogP contribution in [0.3, 0.4) is 0 Å². The second kappa shape index (κ2) is 11.1. The smallest absolute Gasteiger partial charge is 0.471 e.